The third-order valence-electron chi connectivity index (χ3n) is 4.19. The lowest BCUT2D eigenvalue weighted by Gasteiger charge is -2.39. The average Bonchev–Trinajstić information content (AvgIpc) is 2.34. The fraction of sp³-hybridized carbons (Fsp3) is 0.857. The van der Waals surface area contributed by atoms with Crippen molar-refractivity contribution in [2.45, 2.75) is 71.5 Å². The molecule has 2 N–H and O–H groups in total. The molecule has 110 valence electrons. The highest BCUT2D eigenvalue weighted by Crippen LogP contribution is 2.22. The van der Waals surface area contributed by atoms with E-state index in [1.165, 1.54) is 0 Å². The number of carbonyl (C=O) groups is 2. The maximum Gasteiger partial charge on any atom is 0.326 e. The zero-order chi connectivity index (χ0) is 14.6. The van der Waals surface area contributed by atoms with Gasteiger partial charge in [-0.1, -0.05) is 20.3 Å². The minimum absolute atomic E-state index is 0.0724. The van der Waals surface area contributed by atoms with E-state index >= 15 is 0 Å². The Morgan fingerprint density at radius 2 is 1.84 bits per heavy atom. The minimum atomic E-state index is -0.958. The highest BCUT2D eigenvalue weighted by molar-refractivity contribution is 5.83. The van der Waals surface area contributed by atoms with Crippen molar-refractivity contribution >= 4 is 12.0 Å². The first-order valence-electron chi connectivity index (χ1n) is 7.20. The molecule has 0 aromatic rings. The molecule has 4 atom stereocenters. The standard InChI is InChI=1S/C14H26N2O3/c1-5-9(2)12(13(17)18)15-14(19)16-10(3)7-6-8-11(16)4/h9-12H,5-8H2,1-4H3,(H,15,19)(H,17,18). The van der Waals surface area contributed by atoms with E-state index < -0.39 is 12.0 Å². The quantitative estimate of drug-likeness (QED) is 0.824. The lowest BCUT2D eigenvalue weighted by atomic mass is 9.97. The third-order valence-corrected chi connectivity index (χ3v) is 4.19. The van der Waals surface area contributed by atoms with Crippen molar-refractivity contribution in [1.82, 2.24) is 10.2 Å². The Morgan fingerprint density at radius 1 is 1.32 bits per heavy atom. The summed E-state index contributed by atoms with van der Waals surface area (Å²) >= 11 is 0. The molecule has 0 aromatic carbocycles. The lowest BCUT2D eigenvalue weighted by molar-refractivity contribution is -0.140. The number of hydrogen-bond donors (Lipinski definition) is 2. The first-order valence-corrected chi connectivity index (χ1v) is 7.20. The van der Waals surface area contributed by atoms with Crippen molar-refractivity contribution in [3.05, 3.63) is 0 Å². The van der Waals surface area contributed by atoms with E-state index in [1.54, 1.807) is 4.90 Å². The fourth-order valence-electron chi connectivity index (χ4n) is 2.71. The molecule has 19 heavy (non-hydrogen) atoms. The van der Waals surface area contributed by atoms with Crippen molar-refractivity contribution in [2.24, 2.45) is 5.92 Å². The van der Waals surface area contributed by atoms with Gasteiger partial charge in [0.25, 0.3) is 0 Å². The molecule has 1 saturated heterocycles. The van der Waals surface area contributed by atoms with Gasteiger partial charge in [0, 0.05) is 12.1 Å². The van der Waals surface area contributed by atoms with E-state index in [0.29, 0.717) is 0 Å². The Morgan fingerprint density at radius 3 is 2.26 bits per heavy atom. The number of likely N-dealkylation sites (tertiary alicyclic amines) is 1. The Hall–Kier alpha value is -1.26. The molecule has 1 fully saturated rings. The minimum Gasteiger partial charge on any atom is -0.480 e. The molecular weight excluding hydrogens is 244 g/mol. The number of urea groups is 1. The van der Waals surface area contributed by atoms with Crippen LogP contribution in [-0.4, -0.2) is 40.1 Å². The summed E-state index contributed by atoms with van der Waals surface area (Å²) in [6.07, 6.45) is 3.82. The van der Waals surface area contributed by atoms with Crippen LogP contribution in [0.2, 0.25) is 0 Å². The maximum atomic E-state index is 12.3. The monoisotopic (exact) mass is 270 g/mol. The van der Waals surface area contributed by atoms with E-state index in [4.69, 9.17) is 0 Å². The smallest absolute Gasteiger partial charge is 0.326 e. The maximum absolute atomic E-state index is 12.3. The molecule has 1 aliphatic heterocycles. The molecule has 0 aliphatic carbocycles. The van der Waals surface area contributed by atoms with Crippen LogP contribution in [-0.2, 0) is 4.79 Å². The summed E-state index contributed by atoms with van der Waals surface area (Å²) in [5, 5.41) is 11.9. The molecule has 0 spiro atoms. The van der Waals surface area contributed by atoms with Crippen molar-refractivity contribution in [3.8, 4) is 0 Å². The van der Waals surface area contributed by atoms with Gasteiger partial charge in [-0.3, -0.25) is 0 Å². The number of carboxylic acid groups (broad SMARTS) is 1. The van der Waals surface area contributed by atoms with Crippen LogP contribution in [0.3, 0.4) is 0 Å². The van der Waals surface area contributed by atoms with Crippen LogP contribution >= 0.6 is 0 Å². The van der Waals surface area contributed by atoms with Crippen molar-refractivity contribution < 1.29 is 14.7 Å². The second-order valence-electron chi connectivity index (χ2n) is 5.69. The summed E-state index contributed by atoms with van der Waals surface area (Å²) in [7, 11) is 0. The van der Waals surface area contributed by atoms with Crippen LogP contribution in [0.15, 0.2) is 0 Å². The summed E-state index contributed by atoms with van der Waals surface area (Å²) in [6.45, 7) is 7.82. The molecule has 5 heteroatoms. The van der Waals surface area contributed by atoms with Gasteiger partial charge in [0.05, 0.1) is 0 Å². The van der Waals surface area contributed by atoms with Gasteiger partial charge in [-0.05, 0) is 39.0 Å². The van der Waals surface area contributed by atoms with Gasteiger partial charge in [0.15, 0.2) is 0 Å². The number of hydrogen-bond acceptors (Lipinski definition) is 2. The SMILES string of the molecule is CCC(C)C(NC(=O)N1C(C)CCCC1C)C(=O)O. The summed E-state index contributed by atoms with van der Waals surface area (Å²) < 4.78 is 0. The predicted octanol–water partition coefficient (Wildman–Crippen LogP) is 2.46. The second kappa shape index (κ2) is 6.78. The highest BCUT2D eigenvalue weighted by Gasteiger charge is 2.33. The number of nitrogens with one attached hydrogen (secondary N) is 1. The highest BCUT2D eigenvalue weighted by atomic mass is 16.4. The average molecular weight is 270 g/mol. The molecular formula is C14H26N2O3. The van der Waals surface area contributed by atoms with Gasteiger partial charge in [-0.2, -0.15) is 0 Å². The van der Waals surface area contributed by atoms with Crippen LogP contribution in [0.1, 0.15) is 53.4 Å². The zero-order valence-corrected chi connectivity index (χ0v) is 12.3. The van der Waals surface area contributed by atoms with Gasteiger partial charge in [0.1, 0.15) is 6.04 Å². The number of amides is 2. The molecule has 0 bridgehead atoms. The summed E-state index contributed by atoms with van der Waals surface area (Å²) in [6, 6.07) is -0.698. The van der Waals surface area contributed by atoms with E-state index in [2.05, 4.69) is 5.32 Å². The Labute approximate surface area is 115 Å². The van der Waals surface area contributed by atoms with E-state index in [-0.39, 0.29) is 24.0 Å². The number of rotatable bonds is 4. The molecule has 4 unspecified atom stereocenters. The number of carboxylic acids is 1. The summed E-state index contributed by atoms with van der Waals surface area (Å²) in [4.78, 5) is 25.3. The van der Waals surface area contributed by atoms with Crippen LogP contribution in [0.5, 0.6) is 0 Å². The van der Waals surface area contributed by atoms with Gasteiger partial charge < -0.3 is 15.3 Å². The molecule has 0 saturated carbocycles. The molecule has 1 heterocycles. The third kappa shape index (κ3) is 3.85. The van der Waals surface area contributed by atoms with Crippen molar-refractivity contribution in [2.75, 3.05) is 0 Å². The normalized spacial score (nSPS) is 26.6. The first kappa shape index (κ1) is 15.8. The number of aliphatic carboxylic acids is 1. The molecule has 0 aromatic heterocycles. The molecule has 0 radical (unpaired) electrons. The van der Waals surface area contributed by atoms with E-state index in [1.807, 2.05) is 27.7 Å². The summed E-state index contributed by atoms with van der Waals surface area (Å²) in [5.41, 5.74) is 0. The van der Waals surface area contributed by atoms with Crippen LogP contribution < -0.4 is 5.32 Å². The topological polar surface area (TPSA) is 69.6 Å². The Kier molecular flexibility index (Phi) is 5.63. The van der Waals surface area contributed by atoms with E-state index in [0.717, 1.165) is 25.7 Å². The Bertz CT molecular complexity index is 323. The first-order chi connectivity index (χ1) is 8.88. The number of piperidine rings is 1. The number of carbonyl (C=O) groups excluding carboxylic acids is 1. The molecule has 5 nitrogen and oxygen atoms in total. The van der Waals surface area contributed by atoms with Crippen molar-refractivity contribution in [3.63, 3.8) is 0 Å². The molecule has 1 rings (SSSR count). The molecule has 1 aliphatic rings. The van der Waals surface area contributed by atoms with Gasteiger partial charge >= 0.3 is 12.0 Å². The van der Waals surface area contributed by atoms with Crippen LogP contribution in [0.4, 0.5) is 4.79 Å². The summed E-state index contributed by atoms with van der Waals surface area (Å²) in [5.74, 6) is -1.03. The number of nitrogens with zero attached hydrogens (tertiary/aromatic N) is 1. The lowest BCUT2D eigenvalue weighted by Crippen LogP contribution is -2.56. The van der Waals surface area contributed by atoms with Crippen molar-refractivity contribution in [1.29, 1.82) is 0 Å². The Balaban J connectivity index is 2.73. The second-order valence-corrected chi connectivity index (χ2v) is 5.69. The van der Waals surface area contributed by atoms with Crippen LogP contribution in [0, 0.1) is 5.92 Å². The largest absolute Gasteiger partial charge is 0.480 e. The van der Waals surface area contributed by atoms with Gasteiger partial charge in [0.2, 0.25) is 0 Å². The van der Waals surface area contributed by atoms with Crippen LogP contribution in [0.25, 0.3) is 0 Å². The van der Waals surface area contributed by atoms with Gasteiger partial charge in [-0.15, -0.1) is 0 Å². The van der Waals surface area contributed by atoms with Gasteiger partial charge in [-0.25, -0.2) is 9.59 Å². The fourth-order valence-corrected chi connectivity index (χ4v) is 2.71. The zero-order valence-electron chi connectivity index (χ0n) is 12.3. The van der Waals surface area contributed by atoms with E-state index in [9.17, 15) is 14.7 Å². The molecule has 2 amide bonds. The predicted molar refractivity (Wildman–Crippen MR) is 74.0 cm³/mol.